The molecule has 0 saturated carbocycles. The van der Waals surface area contributed by atoms with Crippen LogP contribution in [0.3, 0.4) is 0 Å². The van der Waals surface area contributed by atoms with Crippen LogP contribution in [-0.2, 0) is 0 Å². The van der Waals surface area contributed by atoms with Crippen molar-refractivity contribution in [2.45, 2.75) is 18.0 Å². The maximum Gasteiger partial charge on any atom is 0.189 e. The monoisotopic (exact) mass is 224 g/mol. The molecular weight excluding hydrogens is 214 g/mol. The molecule has 0 spiro atoms. The van der Waals surface area contributed by atoms with Crippen molar-refractivity contribution in [2.24, 2.45) is 4.99 Å². The van der Waals surface area contributed by atoms with E-state index in [1.54, 1.807) is 0 Å². The van der Waals surface area contributed by atoms with Crippen LogP contribution in [0, 0.1) is 0 Å². The van der Waals surface area contributed by atoms with Gasteiger partial charge in [0.25, 0.3) is 0 Å². The molecule has 2 aliphatic heterocycles. The van der Waals surface area contributed by atoms with Crippen LogP contribution >= 0.6 is 0 Å². The summed E-state index contributed by atoms with van der Waals surface area (Å²) in [6.07, 6.45) is -0.274. The average Bonchev–Trinajstić information content (AvgIpc) is 2.69. The number of aliphatic imine (C=N–C) groups is 1. The summed E-state index contributed by atoms with van der Waals surface area (Å²) in [6.45, 7) is 0.405. The van der Waals surface area contributed by atoms with Crippen molar-refractivity contribution in [1.29, 1.82) is 0 Å². The van der Waals surface area contributed by atoms with Gasteiger partial charge in [-0.25, -0.2) is 0 Å². The van der Waals surface area contributed by atoms with Gasteiger partial charge in [-0.15, -0.1) is 0 Å². The van der Waals surface area contributed by atoms with E-state index < -0.39 is 5.94 Å². The molecule has 0 saturated heterocycles. The summed E-state index contributed by atoms with van der Waals surface area (Å²) in [7, 11) is 11.4. The van der Waals surface area contributed by atoms with Gasteiger partial charge in [0, 0.05) is 11.9 Å². The van der Waals surface area contributed by atoms with Crippen LogP contribution in [0.2, 0.25) is 0 Å². The predicted molar refractivity (Wildman–Crippen MR) is 66.0 cm³/mol. The molecule has 0 bridgehead atoms. The fraction of sp³-hybridized carbons (Fsp3) is 0.364. The van der Waals surface area contributed by atoms with Gasteiger partial charge < -0.3 is 14.8 Å². The molecule has 2 aliphatic rings. The molecule has 17 heavy (non-hydrogen) atoms. The Morgan fingerprint density at radius 2 is 2.00 bits per heavy atom. The molecular formula is C11H10B2N2O2. The number of ether oxygens (including phenoxy) is 2. The van der Waals surface area contributed by atoms with Crippen LogP contribution in [0.4, 0.5) is 0 Å². The number of hydrogen-bond donors (Lipinski definition) is 1. The minimum absolute atomic E-state index is 0.274. The molecule has 4 nitrogen and oxygen atoms in total. The lowest BCUT2D eigenvalue weighted by atomic mass is 9.79. The first-order chi connectivity index (χ1) is 8.24. The minimum Gasteiger partial charge on any atom is -0.485 e. The second-order valence-electron chi connectivity index (χ2n) is 4.04. The Morgan fingerprint density at radius 3 is 2.71 bits per heavy atom. The fourth-order valence-electron chi connectivity index (χ4n) is 1.86. The first kappa shape index (κ1) is 10.6. The number of hydrogen-bond acceptors (Lipinski definition) is 4. The van der Waals surface area contributed by atoms with Crippen molar-refractivity contribution in [1.82, 2.24) is 5.32 Å². The lowest BCUT2D eigenvalue weighted by molar-refractivity contribution is 0.133. The molecule has 3 atom stereocenters. The van der Waals surface area contributed by atoms with E-state index in [0.29, 0.717) is 18.2 Å². The number of nitrogens with zero attached hydrogens (tertiary/aromatic N) is 1. The highest BCUT2D eigenvalue weighted by Gasteiger charge is 2.30. The highest BCUT2D eigenvalue weighted by atomic mass is 16.6. The molecule has 1 aromatic rings. The van der Waals surface area contributed by atoms with E-state index in [4.69, 9.17) is 25.2 Å². The third-order valence-corrected chi connectivity index (χ3v) is 2.78. The molecule has 1 N–H and O–H groups in total. The van der Waals surface area contributed by atoms with Gasteiger partial charge in [0.05, 0.1) is 0 Å². The van der Waals surface area contributed by atoms with Crippen molar-refractivity contribution in [3.8, 4) is 11.5 Å². The Hall–Kier alpha value is -1.58. The Morgan fingerprint density at radius 1 is 1.24 bits per heavy atom. The van der Waals surface area contributed by atoms with Gasteiger partial charge in [0.2, 0.25) is 0 Å². The second-order valence-corrected chi connectivity index (χ2v) is 4.04. The number of nitrogens with one attached hydrogen (secondary N) is 1. The highest BCUT2D eigenvalue weighted by molar-refractivity contribution is 6.24. The van der Waals surface area contributed by atoms with Gasteiger partial charge >= 0.3 is 0 Å². The van der Waals surface area contributed by atoms with Crippen molar-refractivity contribution < 1.29 is 9.47 Å². The zero-order valence-electron chi connectivity index (χ0n) is 9.17. The molecule has 6 heteroatoms. The number of amidine groups is 1. The van der Waals surface area contributed by atoms with Gasteiger partial charge in [-0.2, -0.15) is 0 Å². The minimum atomic E-state index is -0.425. The molecule has 3 unspecified atom stereocenters. The summed E-state index contributed by atoms with van der Waals surface area (Å²) in [6, 6.07) is 7.52. The topological polar surface area (TPSA) is 42.9 Å². The SMILES string of the molecule is [B]C1N=C(C2COc3ccccc3O2)NC1[B]. The van der Waals surface area contributed by atoms with Gasteiger partial charge in [-0.05, 0) is 12.1 Å². The summed E-state index contributed by atoms with van der Waals surface area (Å²) in [5.74, 6) is 1.33. The molecule has 3 rings (SSSR count). The quantitative estimate of drug-likeness (QED) is 0.672. The van der Waals surface area contributed by atoms with Crippen molar-refractivity contribution in [3.63, 3.8) is 0 Å². The van der Waals surface area contributed by atoms with E-state index in [0.717, 1.165) is 5.75 Å². The zero-order chi connectivity index (χ0) is 11.8. The van der Waals surface area contributed by atoms with Crippen LogP contribution in [0.25, 0.3) is 0 Å². The van der Waals surface area contributed by atoms with Crippen molar-refractivity contribution in [3.05, 3.63) is 24.3 Å². The van der Waals surface area contributed by atoms with Gasteiger partial charge in [0.1, 0.15) is 28.1 Å². The molecule has 1 aromatic carbocycles. The molecule has 0 aliphatic carbocycles. The number of benzene rings is 1. The summed E-state index contributed by atoms with van der Waals surface area (Å²) in [5.41, 5.74) is 0. The van der Waals surface area contributed by atoms with Crippen LogP contribution in [0.5, 0.6) is 11.5 Å². The molecule has 4 radical (unpaired) electrons. The molecule has 0 amide bonds. The summed E-state index contributed by atoms with van der Waals surface area (Å²) < 4.78 is 11.4. The molecule has 2 heterocycles. The highest BCUT2D eigenvalue weighted by Crippen LogP contribution is 2.31. The van der Waals surface area contributed by atoms with E-state index >= 15 is 0 Å². The van der Waals surface area contributed by atoms with Crippen LogP contribution in [-0.4, -0.2) is 46.1 Å². The number of fused-ring (bicyclic) bond motifs is 1. The maximum atomic E-state index is 5.78. The Labute approximate surface area is 102 Å². The van der Waals surface area contributed by atoms with Crippen molar-refractivity contribution in [2.75, 3.05) is 6.61 Å². The Bertz CT molecular complexity index is 467. The number of para-hydroxylation sites is 2. The normalized spacial score (nSPS) is 30.6. The van der Waals surface area contributed by atoms with E-state index in [1.807, 2.05) is 24.3 Å². The standard InChI is InChI=1S/C11H10B2N2O2/c12-9-10(13)15-11(14-9)8-5-16-6-3-1-2-4-7(6)17-8/h1-4,8-10H,5H2,(H,14,15). The van der Waals surface area contributed by atoms with E-state index in [9.17, 15) is 0 Å². The summed E-state index contributed by atoms with van der Waals surface area (Å²) in [4.78, 5) is 4.22. The largest absolute Gasteiger partial charge is 0.485 e. The summed E-state index contributed by atoms with van der Waals surface area (Å²) in [5, 5.41) is 3.00. The fourth-order valence-corrected chi connectivity index (χ4v) is 1.86. The van der Waals surface area contributed by atoms with Gasteiger partial charge in [-0.1, -0.05) is 12.1 Å². The summed E-state index contributed by atoms with van der Waals surface area (Å²) >= 11 is 0. The molecule has 0 aromatic heterocycles. The second kappa shape index (κ2) is 4.02. The van der Waals surface area contributed by atoms with Crippen molar-refractivity contribution >= 4 is 21.5 Å². The van der Waals surface area contributed by atoms with E-state index in [2.05, 4.69) is 10.3 Å². The van der Waals surface area contributed by atoms with Gasteiger partial charge in [0.15, 0.2) is 17.6 Å². The van der Waals surface area contributed by atoms with Gasteiger partial charge in [-0.3, -0.25) is 4.99 Å². The Kier molecular flexibility index (Phi) is 2.50. The first-order valence-electron chi connectivity index (χ1n) is 5.48. The molecule has 82 valence electrons. The average molecular weight is 224 g/mol. The van der Waals surface area contributed by atoms with Crippen LogP contribution < -0.4 is 14.8 Å². The van der Waals surface area contributed by atoms with E-state index in [-0.39, 0.29) is 12.0 Å². The zero-order valence-corrected chi connectivity index (χ0v) is 9.17. The third kappa shape index (κ3) is 1.88. The van der Waals surface area contributed by atoms with Crippen LogP contribution in [0.15, 0.2) is 29.3 Å². The van der Waals surface area contributed by atoms with Crippen LogP contribution in [0.1, 0.15) is 0 Å². The Balaban J connectivity index is 1.79. The first-order valence-corrected chi connectivity index (χ1v) is 5.48. The molecule has 0 fully saturated rings. The van der Waals surface area contributed by atoms with E-state index in [1.165, 1.54) is 0 Å². The maximum absolute atomic E-state index is 5.78. The third-order valence-electron chi connectivity index (χ3n) is 2.78. The lowest BCUT2D eigenvalue weighted by Gasteiger charge is -2.26. The predicted octanol–water partition coefficient (Wildman–Crippen LogP) is -0.183. The number of rotatable bonds is 1. The smallest absolute Gasteiger partial charge is 0.189 e. The lowest BCUT2D eigenvalue weighted by Crippen LogP contribution is -2.45.